The molecule has 0 fully saturated rings. The van der Waals surface area contributed by atoms with E-state index in [0.717, 1.165) is 9.35 Å². The Morgan fingerprint density at radius 1 is 1.04 bits per heavy atom. The van der Waals surface area contributed by atoms with Crippen molar-refractivity contribution in [3.05, 3.63) is 85.4 Å². The number of carbonyl (C=O) groups is 2. The maximum absolute atomic E-state index is 12.0. The van der Waals surface area contributed by atoms with Crippen LogP contribution in [0.15, 0.2) is 69.4 Å². The molecular formula is C19H16BrN3O3S. The second-order valence-corrected chi connectivity index (χ2v) is 8.16. The van der Waals surface area contributed by atoms with Crippen molar-refractivity contribution in [2.24, 2.45) is 0 Å². The molecule has 1 aromatic carbocycles. The number of hydrogen-bond donors (Lipinski definition) is 2. The number of nitrogens with one attached hydrogen (secondary N) is 2. The van der Waals surface area contributed by atoms with Crippen LogP contribution in [0.1, 0.15) is 15.2 Å². The van der Waals surface area contributed by atoms with Gasteiger partial charge in [0.05, 0.1) is 21.8 Å². The molecule has 138 valence electrons. The normalized spacial score (nSPS) is 10.4. The summed E-state index contributed by atoms with van der Waals surface area (Å²) < 4.78 is 2.46. The van der Waals surface area contributed by atoms with Gasteiger partial charge in [-0.25, -0.2) is 0 Å². The number of nitrogens with zero attached hydrogens (tertiary/aromatic N) is 1. The lowest BCUT2D eigenvalue weighted by Gasteiger charge is -2.08. The first kappa shape index (κ1) is 19.1. The third-order valence-electron chi connectivity index (χ3n) is 3.70. The topological polar surface area (TPSA) is 80.2 Å². The number of anilines is 1. The third-order valence-corrected chi connectivity index (χ3v) is 5.32. The Bertz CT molecular complexity index is 1010. The average Bonchev–Trinajstić information content (AvgIpc) is 3.10. The summed E-state index contributed by atoms with van der Waals surface area (Å²) >= 11 is 4.60. The summed E-state index contributed by atoms with van der Waals surface area (Å²) in [4.78, 5) is 36.2. The lowest BCUT2D eigenvalue weighted by Crippen LogP contribution is -2.32. The van der Waals surface area contributed by atoms with Crippen molar-refractivity contribution in [1.82, 2.24) is 9.88 Å². The minimum Gasteiger partial charge on any atom is -0.342 e. The molecule has 0 saturated carbocycles. The van der Waals surface area contributed by atoms with E-state index in [-0.39, 0.29) is 23.9 Å². The molecule has 0 saturated heterocycles. The van der Waals surface area contributed by atoms with Crippen LogP contribution >= 0.6 is 27.3 Å². The van der Waals surface area contributed by atoms with Crippen LogP contribution in [0.2, 0.25) is 0 Å². The van der Waals surface area contributed by atoms with Crippen LogP contribution in [0.3, 0.4) is 0 Å². The first-order chi connectivity index (χ1) is 13.0. The number of pyridine rings is 1. The largest absolute Gasteiger partial charge is 0.342 e. The van der Waals surface area contributed by atoms with Gasteiger partial charge >= 0.3 is 0 Å². The highest BCUT2D eigenvalue weighted by molar-refractivity contribution is 9.11. The number of benzene rings is 1. The summed E-state index contributed by atoms with van der Waals surface area (Å²) in [6.45, 7) is 0.343. The van der Waals surface area contributed by atoms with Gasteiger partial charge in [-0.1, -0.05) is 18.2 Å². The van der Waals surface area contributed by atoms with E-state index in [4.69, 9.17) is 0 Å². The highest BCUT2D eigenvalue weighted by atomic mass is 79.9. The summed E-state index contributed by atoms with van der Waals surface area (Å²) in [5.41, 5.74) is 1.50. The van der Waals surface area contributed by atoms with Crippen molar-refractivity contribution in [3.63, 3.8) is 0 Å². The molecule has 0 bridgehead atoms. The van der Waals surface area contributed by atoms with Crippen molar-refractivity contribution in [3.8, 4) is 0 Å². The number of rotatable bonds is 6. The molecule has 2 amide bonds. The Balaban J connectivity index is 1.52. The molecule has 0 aliphatic rings. The second kappa shape index (κ2) is 8.79. The molecule has 0 spiro atoms. The van der Waals surface area contributed by atoms with Crippen LogP contribution in [0.4, 0.5) is 5.69 Å². The molecule has 8 heteroatoms. The van der Waals surface area contributed by atoms with Crippen LogP contribution in [0.25, 0.3) is 0 Å². The average molecular weight is 446 g/mol. The number of carbonyl (C=O) groups excluding carboxylic acids is 2. The van der Waals surface area contributed by atoms with E-state index in [2.05, 4.69) is 26.6 Å². The van der Waals surface area contributed by atoms with Gasteiger partial charge in [-0.05, 0) is 51.8 Å². The summed E-state index contributed by atoms with van der Waals surface area (Å²) in [6, 6.07) is 15.7. The predicted molar refractivity (Wildman–Crippen MR) is 109 cm³/mol. The van der Waals surface area contributed by atoms with Gasteiger partial charge in [-0.3, -0.25) is 14.4 Å². The van der Waals surface area contributed by atoms with Crippen molar-refractivity contribution in [1.29, 1.82) is 0 Å². The van der Waals surface area contributed by atoms with Gasteiger partial charge in [-0.2, -0.15) is 0 Å². The first-order valence-electron chi connectivity index (χ1n) is 8.09. The molecule has 2 heterocycles. The van der Waals surface area contributed by atoms with Gasteiger partial charge in [0, 0.05) is 18.0 Å². The fourth-order valence-electron chi connectivity index (χ4n) is 2.37. The van der Waals surface area contributed by atoms with Gasteiger partial charge in [0.2, 0.25) is 5.91 Å². The molecule has 0 radical (unpaired) electrons. The van der Waals surface area contributed by atoms with Gasteiger partial charge in [0.1, 0.15) is 0 Å². The molecule has 27 heavy (non-hydrogen) atoms. The van der Waals surface area contributed by atoms with Crippen LogP contribution in [0, 0.1) is 0 Å². The van der Waals surface area contributed by atoms with Gasteiger partial charge in [0.25, 0.3) is 11.5 Å². The third kappa shape index (κ3) is 5.38. The number of halogens is 1. The van der Waals surface area contributed by atoms with E-state index >= 15 is 0 Å². The van der Waals surface area contributed by atoms with E-state index in [0.29, 0.717) is 17.1 Å². The Labute approximate surface area is 168 Å². The van der Waals surface area contributed by atoms with Gasteiger partial charge in [0.15, 0.2) is 0 Å². The van der Waals surface area contributed by atoms with Crippen molar-refractivity contribution < 1.29 is 9.59 Å². The fraction of sp³-hybridized carbons (Fsp3) is 0.105. The Kier molecular flexibility index (Phi) is 6.20. The van der Waals surface area contributed by atoms with Crippen molar-refractivity contribution in [2.45, 2.75) is 6.54 Å². The number of amides is 2. The summed E-state index contributed by atoms with van der Waals surface area (Å²) in [6.07, 6.45) is 1.73. The number of hydrogen-bond acceptors (Lipinski definition) is 4. The minimum absolute atomic E-state index is 0.0663. The fourth-order valence-corrected chi connectivity index (χ4v) is 3.67. The molecular weight excluding hydrogens is 430 g/mol. The maximum atomic E-state index is 12.0. The van der Waals surface area contributed by atoms with Crippen LogP contribution < -0.4 is 16.2 Å². The highest BCUT2D eigenvalue weighted by Gasteiger charge is 2.10. The summed E-state index contributed by atoms with van der Waals surface area (Å²) in [7, 11) is 0. The SMILES string of the molecule is O=C(CNC(=O)c1ccc(Br)s1)Nc1ccc(Cn2ccccc2=O)cc1. The van der Waals surface area contributed by atoms with E-state index in [1.165, 1.54) is 17.4 Å². The van der Waals surface area contributed by atoms with E-state index in [9.17, 15) is 14.4 Å². The molecule has 6 nitrogen and oxygen atoms in total. The molecule has 0 aliphatic carbocycles. The highest BCUT2D eigenvalue weighted by Crippen LogP contribution is 2.21. The molecule has 0 unspecified atom stereocenters. The lowest BCUT2D eigenvalue weighted by molar-refractivity contribution is -0.115. The zero-order chi connectivity index (χ0) is 19.2. The maximum Gasteiger partial charge on any atom is 0.261 e. The molecule has 0 aliphatic heterocycles. The van der Waals surface area contributed by atoms with Crippen molar-refractivity contribution >= 4 is 44.8 Å². The molecule has 3 aromatic rings. The molecule has 2 aromatic heterocycles. The second-order valence-electron chi connectivity index (χ2n) is 5.70. The monoisotopic (exact) mass is 445 g/mol. The molecule has 0 atom stereocenters. The minimum atomic E-state index is -0.314. The zero-order valence-electron chi connectivity index (χ0n) is 14.1. The van der Waals surface area contributed by atoms with E-state index in [1.807, 2.05) is 12.1 Å². The van der Waals surface area contributed by atoms with Crippen LogP contribution in [-0.2, 0) is 11.3 Å². The van der Waals surface area contributed by atoms with Crippen LogP contribution in [-0.4, -0.2) is 22.9 Å². The summed E-state index contributed by atoms with van der Waals surface area (Å²) in [5, 5.41) is 5.31. The summed E-state index contributed by atoms with van der Waals surface area (Å²) in [5.74, 6) is -0.601. The zero-order valence-corrected chi connectivity index (χ0v) is 16.5. The number of aromatic nitrogens is 1. The smallest absolute Gasteiger partial charge is 0.261 e. The Morgan fingerprint density at radius 2 is 1.81 bits per heavy atom. The van der Waals surface area contributed by atoms with Gasteiger partial charge in [-0.15, -0.1) is 11.3 Å². The Hall–Kier alpha value is -2.71. The van der Waals surface area contributed by atoms with Crippen LogP contribution in [0.5, 0.6) is 0 Å². The first-order valence-corrected chi connectivity index (χ1v) is 9.70. The standard InChI is InChI=1S/C19H16BrN3O3S/c20-16-9-8-15(27-16)19(26)21-11-17(24)22-14-6-4-13(5-7-14)12-23-10-2-1-3-18(23)25/h1-10H,11-12H2,(H,21,26)(H,22,24). The van der Waals surface area contributed by atoms with E-state index in [1.54, 1.807) is 47.2 Å². The van der Waals surface area contributed by atoms with Gasteiger partial charge < -0.3 is 15.2 Å². The number of thiophene rings is 1. The predicted octanol–water partition coefficient (Wildman–Crippen LogP) is 3.09. The van der Waals surface area contributed by atoms with E-state index < -0.39 is 0 Å². The van der Waals surface area contributed by atoms with Crippen molar-refractivity contribution in [2.75, 3.05) is 11.9 Å². The quantitative estimate of drug-likeness (QED) is 0.611. The lowest BCUT2D eigenvalue weighted by atomic mass is 10.2. The molecule has 2 N–H and O–H groups in total. The molecule has 3 rings (SSSR count). The Morgan fingerprint density at radius 3 is 2.48 bits per heavy atom.